The number of imidazole rings is 1. The molecule has 0 saturated carbocycles. The van der Waals surface area contributed by atoms with Crippen molar-refractivity contribution in [3.05, 3.63) is 30.1 Å². The summed E-state index contributed by atoms with van der Waals surface area (Å²) in [6, 6.07) is 9.05. The third-order valence-electron chi connectivity index (χ3n) is 3.45. The number of nitrogens with zero attached hydrogens (tertiary/aromatic N) is 2. The van der Waals surface area contributed by atoms with Gasteiger partial charge in [0.2, 0.25) is 0 Å². The smallest absolute Gasteiger partial charge is 0.106 e. The second kappa shape index (κ2) is 6.41. The van der Waals surface area contributed by atoms with Crippen LogP contribution in [0.5, 0.6) is 0 Å². The van der Waals surface area contributed by atoms with Gasteiger partial charge in [0.05, 0.1) is 11.0 Å². The monoisotopic (exact) mass is 287 g/mol. The Bertz CT molecular complexity index is 504. The molecule has 1 aliphatic heterocycles. The van der Waals surface area contributed by atoms with E-state index in [0.29, 0.717) is 6.04 Å². The highest BCUT2D eigenvalue weighted by Gasteiger charge is 2.18. The van der Waals surface area contributed by atoms with Gasteiger partial charge in [-0.15, -0.1) is 24.8 Å². The van der Waals surface area contributed by atoms with E-state index < -0.39 is 0 Å². The summed E-state index contributed by atoms with van der Waals surface area (Å²) in [6.45, 7) is 4.36. The molecule has 1 saturated heterocycles. The predicted molar refractivity (Wildman–Crippen MR) is 80.1 cm³/mol. The minimum Gasteiger partial charge on any atom is -0.325 e. The Morgan fingerprint density at radius 2 is 1.83 bits per heavy atom. The molecule has 1 fully saturated rings. The molecule has 0 radical (unpaired) electrons. The first-order chi connectivity index (χ1) is 7.86. The molecule has 0 bridgehead atoms. The minimum atomic E-state index is 0. The van der Waals surface area contributed by atoms with E-state index in [9.17, 15) is 0 Å². The number of hydrogen-bond donors (Lipinski definition) is 1. The summed E-state index contributed by atoms with van der Waals surface area (Å²) in [5, 5.41) is 3.41. The third kappa shape index (κ3) is 2.63. The van der Waals surface area contributed by atoms with Crippen molar-refractivity contribution in [2.45, 2.75) is 25.8 Å². The number of nitrogens with one attached hydrogen (secondary N) is 1. The molecule has 3 nitrogen and oxygen atoms in total. The summed E-state index contributed by atoms with van der Waals surface area (Å²) >= 11 is 0. The van der Waals surface area contributed by atoms with Crippen molar-refractivity contribution in [1.82, 2.24) is 14.9 Å². The van der Waals surface area contributed by atoms with Gasteiger partial charge in [0, 0.05) is 6.04 Å². The molecule has 0 spiro atoms. The summed E-state index contributed by atoms with van der Waals surface area (Å²) in [5.41, 5.74) is 2.41. The highest BCUT2D eigenvalue weighted by Crippen LogP contribution is 2.26. The number of aryl methyl sites for hydroxylation is 1. The molecule has 2 heterocycles. The van der Waals surface area contributed by atoms with Gasteiger partial charge in [-0.05, 0) is 45.0 Å². The van der Waals surface area contributed by atoms with Crippen molar-refractivity contribution >= 4 is 35.8 Å². The minimum absolute atomic E-state index is 0. The lowest BCUT2D eigenvalue weighted by molar-refractivity contribution is 0.370. The van der Waals surface area contributed by atoms with Gasteiger partial charge in [0.15, 0.2) is 0 Å². The summed E-state index contributed by atoms with van der Waals surface area (Å²) in [7, 11) is 0. The summed E-state index contributed by atoms with van der Waals surface area (Å²) in [6.07, 6.45) is 2.42. The van der Waals surface area contributed by atoms with Crippen LogP contribution in [0.25, 0.3) is 11.0 Å². The highest BCUT2D eigenvalue weighted by molar-refractivity contribution is 5.85. The van der Waals surface area contributed by atoms with Crippen molar-refractivity contribution in [3.8, 4) is 0 Å². The SMILES string of the molecule is Cc1nc2ccccc2n1C1CCNCC1.Cl.Cl. The molecule has 100 valence electrons. The Hall–Kier alpha value is -0.770. The van der Waals surface area contributed by atoms with E-state index in [1.54, 1.807) is 0 Å². The van der Waals surface area contributed by atoms with Gasteiger partial charge in [-0.1, -0.05) is 12.1 Å². The molecule has 1 aromatic carbocycles. The molecular weight excluding hydrogens is 269 g/mol. The Balaban J connectivity index is 0.000000810. The molecule has 0 aliphatic carbocycles. The molecule has 5 heteroatoms. The largest absolute Gasteiger partial charge is 0.325 e. The average molecular weight is 288 g/mol. The van der Waals surface area contributed by atoms with Gasteiger partial charge in [0.1, 0.15) is 5.82 Å². The lowest BCUT2D eigenvalue weighted by Crippen LogP contribution is -2.29. The van der Waals surface area contributed by atoms with Gasteiger partial charge in [-0.3, -0.25) is 0 Å². The number of piperidine rings is 1. The van der Waals surface area contributed by atoms with E-state index in [1.165, 1.54) is 18.4 Å². The number of fused-ring (bicyclic) bond motifs is 1. The Morgan fingerprint density at radius 1 is 1.17 bits per heavy atom. The van der Waals surface area contributed by atoms with E-state index in [1.807, 2.05) is 0 Å². The first-order valence-electron chi connectivity index (χ1n) is 6.00. The van der Waals surface area contributed by atoms with Crippen molar-refractivity contribution in [2.75, 3.05) is 13.1 Å². The van der Waals surface area contributed by atoms with Crippen molar-refractivity contribution < 1.29 is 0 Å². The van der Waals surface area contributed by atoms with E-state index in [-0.39, 0.29) is 24.8 Å². The molecule has 1 aromatic heterocycles. The van der Waals surface area contributed by atoms with E-state index in [0.717, 1.165) is 24.4 Å². The molecule has 0 atom stereocenters. The zero-order valence-corrected chi connectivity index (χ0v) is 12.1. The third-order valence-corrected chi connectivity index (χ3v) is 3.45. The Kier molecular flexibility index (Phi) is 5.45. The second-order valence-corrected chi connectivity index (χ2v) is 4.50. The summed E-state index contributed by atoms with van der Waals surface area (Å²) in [5.74, 6) is 1.15. The standard InChI is InChI=1S/C13H17N3.2ClH/c1-10-15-12-4-2-3-5-13(12)16(10)11-6-8-14-9-7-11;;/h2-5,11,14H,6-9H2,1H3;2*1H. The molecule has 1 N–H and O–H groups in total. The van der Waals surface area contributed by atoms with Gasteiger partial charge < -0.3 is 9.88 Å². The zero-order valence-electron chi connectivity index (χ0n) is 10.4. The van der Waals surface area contributed by atoms with E-state index in [4.69, 9.17) is 0 Å². The van der Waals surface area contributed by atoms with Gasteiger partial charge in [-0.25, -0.2) is 4.98 Å². The van der Waals surface area contributed by atoms with Crippen molar-refractivity contribution in [2.24, 2.45) is 0 Å². The van der Waals surface area contributed by atoms with Crippen LogP contribution in [-0.4, -0.2) is 22.6 Å². The lowest BCUT2D eigenvalue weighted by atomic mass is 10.1. The quantitative estimate of drug-likeness (QED) is 0.873. The van der Waals surface area contributed by atoms with Crippen LogP contribution >= 0.6 is 24.8 Å². The van der Waals surface area contributed by atoms with Crippen molar-refractivity contribution in [1.29, 1.82) is 0 Å². The Morgan fingerprint density at radius 3 is 2.56 bits per heavy atom. The topological polar surface area (TPSA) is 29.9 Å². The molecule has 3 rings (SSSR count). The van der Waals surface area contributed by atoms with Crippen LogP contribution in [0, 0.1) is 6.92 Å². The maximum Gasteiger partial charge on any atom is 0.106 e. The highest BCUT2D eigenvalue weighted by atomic mass is 35.5. The maximum absolute atomic E-state index is 4.63. The number of rotatable bonds is 1. The number of benzene rings is 1. The lowest BCUT2D eigenvalue weighted by Gasteiger charge is -2.25. The van der Waals surface area contributed by atoms with E-state index >= 15 is 0 Å². The van der Waals surface area contributed by atoms with Crippen LogP contribution in [0.4, 0.5) is 0 Å². The second-order valence-electron chi connectivity index (χ2n) is 4.50. The van der Waals surface area contributed by atoms with Gasteiger partial charge in [0.25, 0.3) is 0 Å². The van der Waals surface area contributed by atoms with Crippen LogP contribution in [0.1, 0.15) is 24.7 Å². The first kappa shape index (κ1) is 15.3. The number of aromatic nitrogens is 2. The van der Waals surface area contributed by atoms with Crippen LogP contribution in [-0.2, 0) is 0 Å². The van der Waals surface area contributed by atoms with Gasteiger partial charge in [-0.2, -0.15) is 0 Å². The maximum atomic E-state index is 4.63. The summed E-state index contributed by atoms with van der Waals surface area (Å²) in [4.78, 5) is 4.63. The van der Waals surface area contributed by atoms with E-state index in [2.05, 4.69) is 46.1 Å². The first-order valence-corrected chi connectivity index (χ1v) is 6.00. The summed E-state index contributed by atoms with van der Waals surface area (Å²) < 4.78 is 2.41. The normalized spacial score (nSPS) is 16.1. The molecule has 18 heavy (non-hydrogen) atoms. The Labute approximate surface area is 120 Å². The molecule has 0 unspecified atom stereocenters. The molecule has 0 amide bonds. The van der Waals surface area contributed by atoms with Gasteiger partial charge >= 0.3 is 0 Å². The van der Waals surface area contributed by atoms with Crippen LogP contribution in [0.15, 0.2) is 24.3 Å². The number of halogens is 2. The van der Waals surface area contributed by atoms with Crippen LogP contribution < -0.4 is 5.32 Å². The fourth-order valence-electron chi connectivity index (χ4n) is 2.69. The predicted octanol–water partition coefficient (Wildman–Crippen LogP) is 3.11. The molecular formula is C13H19Cl2N3. The molecule has 2 aromatic rings. The van der Waals surface area contributed by atoms with Crippen LogP contribution in [0.2, 0.25) is 0 Å². The van der Waals surface area contributed by atoms with Crippen LogP contribution in [0.3, 0.4) is 0 Å². The fraction of sp³-hybridized carbons (Fsp3) is 0.462. The number of hydrogen-bond acceptors (Lipinski definition) is 2. The average Bonchev–Trinajstić information content (AvgIpc) is 2.66. The fourth-order valence-corrected chi connectivity index (χ4v) is 2.69. The van der Waals surface area contributed by atoms with Crippen molar-refractivity contribution in [3.63, 3.8) is 0 Å². The number of para-hydroxylation sites is 2. The zero-order chi connectivity index (χ0) is 11.0. The molecule has 1 aliphatic rings.